The van der Waals surface area contributed by atoms with Crippen LogP contribution in [0, 0.1) is 5.41 Å². The highest BCUT2D eigenvalue weighted by Gasteiger charge is 2.39. The van der Waals surface area contributed by atoms with Gasteiger partial charge < -0.3 is 15.2 Å². The van der Waals surface area contributed by atoms with Crippen LogP contribution in [0.1, 0.15) is 71.6 Å². The fourth-order valence-electron chi connectivity index (χ4n) is 2.60. The van der Waals surface area contributed by atoms with Crippen molar-refractivity contribution in [1.82, 2.24) is 5.32 Å². The second-order valence-corrected chi connectivity index (χ2v) is 6.48. The summed E-state index contributed by atoms with van der Waals surface area (Å²) >= 11 is 0. The molecule has 1 aliphatic rings. The summed E-state index contributed by atoms with van der Waals surface area (Å²) in [7, 11) is 0. The molecule has 0 amide bonds. The normalized spacial score (nSPS) is 18.1. The molecular formula is C17H35NO2. The Kier molecular flexibility index (Phi) is 9.49. The molecule has 120 valence electrons. The Morgan fingerprint density at radius 3 is 2.45 bits per heavy atom. The third-order valence-electron chi connectivity index (χ3n) is 4.54. The monoisotopic (exact) mass is 285 g/mol. The van der Waals surface area contributed by atoms with Crippen molar-refractivity contribution in [2.75, 3.05) is 26.3 Å². The molecule has 3 nitrogen and oxygen atoms in total. The number of hydrogen-bond donors (Lipinski definition) is 2. The van der Waals surface area contributed by atoms with Gasteiger partial charge in [0.05, 0.1) is 12.7 Å². The van der Waals surface area contributed by atoms with Gasteiger partial charge in [0.1, 0.15) is 0 Å². The summed E-state index contributed by atoms with van der Waals surface area (Å²) in [5.41, 5.74) is 0.555. The van der Waals surface area contributed by atoms with E-state index in [-0.39, 0.29) is 6.10 Å². The Morgan fingerprint density at radius 2 is 1.80 bits per heavy atom. The van der Waals surface area contributed by atoms with E-state index in [0.29, 0.717) is 18.6 Å². The molecule has 0 bridgehead atoms. The number of ether oxygens (including phenoxy) is 1. The van der Waals surface area contributed by atoms with Crippen molar-refractivity contribution < 1.29 is 9.84 Å². The molecule has 0 spiro atoms. The highest BCUT2D eigenvalue weighted by atomic mass is 16.5. The van der Waals surface area contributed by atoms with Crippen LogP contribution >= 0.6 is 0 Å². The Hall–Kier alpha value is -0.120. The maximum atomic E-state index is 9.82. The molecule has 1 fully saturated rings. The summed E-state index contributed by atoms with van der Waals surface area (Å²) in [6.07, 6.45) is 11.3. The minimum Gasteiger partial charge on any atom is -0.389 e. The van der Waals surface area contributed by atoms with E-state index in [2.05, 4.69) is 19.2 Å². The minimum atomic E-state index is -0.359. The van der Waals surface area contributed by atoms with Gasteiger partial charge in [-0.2, -0.15) is 0 Å². The van der Waals surface area contributed by atoms with Crippen LogP contribution in [0.2, 0.25) is 0 Å². The Morgan fingerprint density at radius 1 is 1.10 bits per heavy atom. The molecule has 1 atom stereocenters. The number of aliphatic hydroxyl groups is 1. The first-order valence-electron chi connectivity index (χ1n) is 8.69. The van der Waals surface area contributed by atoms with Crippen LogP contribution < -0.4 is 5.32 Å². The molecule has 1 aliphatic carbocycles. The maximum Gasteiger partial charge on any atom is 0.0897 e. The van der Waals surface area contributed by atoms with Crippen LogP contribution in [0.4, 0.5) is 0 Å². The SMILES string of the molecule is CCCCCCCCOCC(O)CNCC1(CC)CC1. The molecule has 0 heterocycles. The van der Waals surface area contributed by atoms with E-state index in [0.717, 1.165) is 19.6 Å². The molecule has 1 unspecified atom stereocenters. The van der Waals surface area contributed by atoms with Crippen molar-refractivity contribution in [3.63, 3.8) is 0 Å². The van der Waals surface area contributed by atoms with Crippen molar-refractivity contribution in [3.8, 4) is 0 Å². The number of unbranched alkanes of at least 4 members (excludes halogenated alkanes) is 5. The lowest BCUT2D eigenvalue weighted by Crippen LogP contribution is -2.34. The zero-order chi connectivity index (χ0) is 14.7. The third-order valence-corrected chi connectivity index (χ3v) is 4.54. The van der Waals surface area contributed by atoms with E-state index in [1.54, 1.807) is 0 Å². The topological polar surface area (TPSA) is 41.5 Å². The zero-order valence-corrected chi connectivity index (χ0v) is 13.6. The summed E-state index contributed by atoms with van der Waals surface area (Å²) in [5.74, 6) is 0. The second kappa shape index (κ2) is 10.6. The van der Waals surface area contributed by atoms with Gasteiger partial charge in [0.15, 0.2) is 0 Å². The Bertz CT molecular complexity index is 229. The third kappa shape index (κ3) is 8.23. The molecule has 0 radical (unpaired) electrons. The first-order chi connectivity index (χ1) is 9.72. The first-order valence-corrected chi connectivity index (χ1v) is 8.69. The molecule has 20 heavy (non-hydrogen) atoms. The molecule has 3 heteroatoms. The van der Waals surface area contributed by atoms with E-state index >= 15 is 0 Å². The van der Waals surface area contributed by atoms with Crippen molar-refractivity contribution in [2.45, 2.75) is 77.7 Å². The maximum absolute atomic E-state index is 9.82. The van der Waals surface area contributed by atoms with Gasteiger partial charge in [0, 0.05) is 19.7 Å². The highest BCUT2D eigenvalue weighted by Crippen LogP contribution is 2.47. The Labute approximate surface area is 125 Å². The van der Waals surface area contributed by atoms with Crippen LogP contribution in [0.15, 0.2) is 0 Å². The summed E-state index contributed by atoms with van der Waals surface area (Å²) in [4.78, 5) is 0. The average molecular weight is 285 g/mol. The molecule has 0 aromatic rings. The van der Waals surface area contributed by atoms with E-state index in [1.165, 1.54) is 51.4 Å². The van der Waals surface area contributed by atoms with Gasteiger partial charge in [-0.15, -0.1) is 0 Å². The quantitative estimate of drug-likeness (QED) is 0.480. The lowest BCUT2D eigenvalue weighted by molar-refractivity contribution is 0.0349. The van der Waals surface area contributed by atoms with Gasteiger partial charge in [-0.3, -0.25) is 0 Å². The van der Waals surface area contributed by atoms with Gasteiger partial charge in [-0.25, -0.2) is 0 Å². The summed E-state index contributed by atoms with van der Waals surface area (Å²) < 4.78 is 5.54. The molecule has 1 rings (SSSR count). The van der Waals surface area contributed by atoms with Crippen LogP contribution in [0.3, 0.4) is 0 Å². The molecule has 0 aromatic heterocycles. The van der Waals surface area contributed by atoms with Gasteiger partial charge in [0.25, 0.3) is 0 Å². The van der Waals surface area contributed by atoms with Crippen molar-refractivity contribution in [1.29, 1.82) is 0 Å². The molecular weight excluding hydrogens is 250 g/mol. The number of nitrogens with one attached hydrogen (secondary N) is 1. The van der Waals surface area contributed by atoms with Crippen LogP contribution in [0.25, 0.3) is 0 Å². The minimum absolute atomic E-state index is 0.359. The second-order valence-electron chi connectivity index (χ2n) is 6.48. The van der Waals surface area contributed by atoms with E-state index in [1.807, 2.05) is 0 Å². The van der Waals surface area contributed by atoms with Gasteiger partial charge in [0.2, 0.25) is 0 Å². The van der Waals surface area contributed by atoms with Gasteiger partial charge in [-0.1, -0.05) is 46.0 Å². The average Bonchev–Trinajstić information content (AvgIpc) is 3.22. The lowest BCUT2D eigenvalue weighted by atomic mass is 10.0. The standard InChI is InChI=1S/C17H35NO2/c1-3-5-6-7-8-9-12-20-14-16(19)13-18-15-17(4-2)10-11-17/h16,18-19H,3-15H2,1-2H3. The van der Waals surface area contributed by atoms with Crippen LogP contribution in [0.5, 0.6) is 0 Å². The number of aliphatic hydroxyl groups excluding tert-OH is 1. The summed E-state index contributed by atoms with van der Waals surface area (Å²) in [6.45, 7) is 7.48. The largest absolute Gasteiger partial charge is 0.389 e. The molecule has 0 aliphatic heterocycles. The lowest BCUT2D eigenvalue weighted by Gasteiger charge is -2.16. The van der Waals surface area contributed by atoms with Gasteiger partial charge >= 0.3 is 0 Å². The number of rotatable bonds is 14. The Balaban J connectivity index is 1.81. The predicted molar refractivity (Wildman–Crippen MR) is 85.0 cm³/mol. The van der Waals surface area contributed by atoms with Crippen molar-refractivity contribution in [3.05, 3.63) is 0 Å². The van der Waals surface area contributed by atoms with Crippen molar-refractivity contribution in [2.24, 2.45) is 5.41 Å². The molecule has 0 aromatic carbocycles. The van der Waals surface area contributed by atoms with Crippen molar-refractivity contribution >= 4 is 0 Å². The van der Waals surface area contributed by atoms with Crippen LogP contribution in [-0.4, -0.2) is 37.5 Å². The highest BCUT2D eigenvalue weighted by molar-refractivity contribution is 4.93. The molecule has 1 saturated carbocycles. The zero-order valence-electron chi connectivity index (χ0n) is 13.6. The molecule has 2 N–H and O–H groups in total. The van der Waals surface area contributed by atoms with E-state index < -0.39 is 0 Å². The van der Waals surface area contributed by atoms with Gasteiger partial charge in [-0.05, 0) is 31.1 Å². The first kappa shape index (κ1) is 17.9. The predicted octanol–water partition coefficient (Wildman–Crippen LogP) is 3.50. The fourth-order valence-corrected chi connectivity index (χ4v) is 2.60. The van der Waals surface area contributed by atoms with Crippen LogP contribution in [-0.2, 0) is 4.74 Å². The van der Waals surface area contributed by atoms with E-state index in [9.17, 15) is 5.11 Å². The smallest absolute Gasteiger partial charge is 0.0897 e. The molecule has 0 saturated heterocycles. The fraction of sp³-hybridized carbons (Fsp3) is 1.00. The van der Waals surface area contributed by atoms with E-state index in [4.69, 9.17) is 4.74 Å². The summed E-state index contributed by atoms with van der Waals surface area (Å²) in [6, 6.07) is 0. The summed E-state index contributed by atoms with van der Waals surface area (Å²) in [5, 5.41) is 13.2. The number of hydrogen-bond acceptors (Lipinski definition) is 3.